The van der Waals surface area contributed by atoms with Crippen LogP contribution in [0.25, 0.3) is 0 Å². The smallest absolute Gasteiger partial charge is 0.345 e. The van der Waals surface area contributed by atoms with Crippen molar-refractivity contribution in [1.82, 2.24) is 5.06 Å². The van der Waals surface area contributed by atoms with Gasteiger partial charge in [0.05, 0.1) is 13.2 Å². The second-order valence-electron chi connectivity index (χ2n) is 4.99. The van der Waals surface area contributed by atoms with Crippen molar-refractivity contribution in [2.24, 2.45) is 0 Å². The van der Waals surface area contributed by atoms with E-state index < -0.39 is 6.03 Å². The quantitative estimate of drug-likeness (QED) is 0.406. The Hall–Kier alpha value is -1.75. The first-order chi connectivity index (χ1) is 10.2. The number of urea groups is 1. The van der Waals surface area contributed by atoms with Crippen LogP contribution in [0.2, 0.25) is 0 Å². The minimum atomic E-state index is -0.509. The summed E-state index contributed by atoms with van der Waals surface area (Å²) in [7, 11) is 0. The average molecular weight is 294 g/mol. The Bertz CT molecular complexity index is 406. The van der Waals surface area contributed by atoms with Crippen molar-refractivity contribution in [2.75, 3.05) is 18.5 Å². The van der Waals surface area contributed by atoms with Crippen LogP contribution in [0.4, 0.5) is 10.5 Å². The third-order valence-electron chi connectivity index (χ3n) is 3.08. The fourth-order valence-electron chi connectivity index (χ4n) is 1.77. The topological polar surface area (TPSA) is 61.8 Å². The molecule has 0 fully saturated rings. The number of carbonyl (C=O) groups excluding carboxylic acids is 1. The SMILES string of the molecule is CCCCCN(O)C(=O)Nc1ccc(OCCCC)cc1. The lowest BCUT2D eigenvalue weighted by Gasteiger charge is -2.15. The second kappa shape index (κ2) is 10.0. The minimum absolute atomic E-state index is 0.345. The molecule has 1 aromatic carbocycles. The first-order valence-corrected chi connectivity index (χ1v) is 7.67. The highest BCUT2D eigenvalue weighted by Crippen LogP contribution is 2.16. The summed E-state index contributed by atoms with van der Waals surface area (Å²) in [5.41, 5.74) is 0.636. The van der Waals surface area contributed by atoms with Gasteiger partial charge in [-0.15, -0.1) is 0 Å². The Balaban J connectivity index is 2.38. The van der Waals surface area contributed by atoms with Gasteiger partial charge < -0.3 is 10.1 Å². The Morgan fingerprint density at radius 2 is 1.81 bits per heavy atom. The van der Waals surface area contributed by atoms with Crippen LogP contribution < -0.4 is 10.1 Å². The van der Waals surface area contributed by atoms with Crippen LogP contribution in [-0.4, -0.2) is 29.5 Å². The number of unbranched alkanes of at least 4 members (excludes halogenated alkanes) is 3. The molecular weight excluding hydrogens is 268 g/mol. The molecule has 0 saturated heterocycles. The van der Waals surface area contributed by atoms with Crippen LogP contribution in [0.1, 0.15) is 46.0 Å². The maximum absolute atomic E-state index is 11.7. The van der Waals surface area contributed by atoms with Crippen LogP contribution in [0.3, 0.4) is 0 Å². The molecule has 0 aromatic heterocycles. The number of rotatable bonds is 9. The van der Waals surface area contributed by atoms with Crippen molar-refractivity contribution in [1.29, 1.82) is 0 Å². The molecule has 0 aliphatic heterocycles. The van der Waals surface area contributed by atoms with Gasteiger partial charge in [-0.05, 0) is 37.1 Å². The second-order valence-corrected chi connectivity index (χ2v) is 4.99. The molecule has 2 N–H and O–H groups in total. The molecule has 0 heterocycles. The van der Waals surface area contributed by atoms with E-state index in [1.165, 1.54) is 0 Å². The molecular formula is C16H26N2O3. The molecule has 0 radical (unpaired) electrons. The van der Waals surface area contributed by atoms with Gasteiger partial charge in [0, 0.05) is 5.69 Å². The molecule has 0 aliphatic rings. The molecule has 0 spiro atoms. The third-order valence-corrected chi connectivity index (χ3v) is 3.08. The van der Waals surface area contributed by atoms with Crippen LogP contribution in [0.5, 0.6) is 5.75 Å². The van der Waals surface area contributed by atoms with Gasteiger partial charge in [-0.3, -0.25) is 5.21 Å². The molecule has 1 rings (SSSR count). The Labute approximate surface area is 126 Å². The molecule has 21 heavy (non-hydrogen) atoms. The van der Waals surface area contributed by atoms with Crippen LogP contribution in [0, 0.1) is 0 Å². The van der Waals surface area contributed by atoms with E-state index in [0.717, 1.165) is 42.9 Å². The van der Waals surface area contributed by atoms with Gasteiger partial charge in [-0.1, -0.05) is 33.1 Å². The van der Waals surface area contributed by atoms with Gasteiger partial charge in [0.2, 0.25) is 0 Å². The monoisotopic (exact) mass is 294 g/mol. The molecule has 2 amide bonds. The predicted octanol–water partition coefficient (Wildman–Crippen LogP) is 4.28. The third kappa shape index (κ3) is 6.99. The van der Waals surface area contributed by atoms with Crippen molar-refractivity contribution >= 4 is 11.7 Å². The van der Waals surface area contributed by atoms with E-state index in [2.05, 4.69) is 19.2 Å². The highest BCUT2D eigenvalue weighted by molar-refractivity contribution is 5.88. The molecule has 0 atom stereocenters. The van der Waals surface area contributed by atoms with E-state index in [0.29, 0.717) is 18.8 Å². The fourth-order valence-corrected chi connectivity index (χ4v) is 1.77. The summed E-state index contributed by atoms with van der Waals surface area (Å²) in [6, 6.07) is 6.64. The van der Waals surface area contributed by atoms with Crippen molar-refractivity contribution in [2.45, 2.75) is 46.0 Å². The number of amides is 2. The highest BCUT2D eigenvalue weighted by Gasteiger charge is 2.10. The van der Waals surface area contributed by atoms with Gasteiger partial charge in [-0.25, -0.2) is 9.86 Å². The Kier molecular flexibility index (Phi) is 8.28. The first-order valence-electron chi connectivity index (χ1n) is 7.67. The molecule has 0 bridgehead atoms. The summed E-state index contributed by atoms with van der Waals surface area (Å²) in [5.74, 6) is 0.783. The van der Waals surface area contributed by atoms with Crippen LogP contribution in [-0.2, 0) is 0 Å². The molecule has 5 nitrogen and oxygen atoms in total. The lowest BCUT2D eigenvalue weighted by atomic mass is 10.2. The average Bonchev–Trinajstić information content (AvgIpc) is 2.49. The van der Waals surface area contributed by atoms with E-state index in [9.17, 15) is 10.0 Å². The molecule has 0 saturated carbocycles. The normalized spacial score (nSPS) is 10.2. The number of hydroxylamine groups is 2. The van der Waals surface area contributed by atoms with Crippen LogP contribution in [0.15, 0.2) is 24.3 Å². The fraction of sp³-hybridized carbons (Fsp3) is 0.562. The van der Waals surface area contributed by atoms with E-state index in [4.69, 9.17) is 4.74 Å². The Morgan fingerprint density at radius 3 is 2.43 bits per heavy atom. The summed E-state index contributed by atoms with van der Waals surface area (Å²) in [5, 5.41) is 13.0. The first kappa shape index (κ1) is 17.3. The number of nitrogens with one attached hydrogen (secondary N) is 1. The summed E-state index contributed by atoms with van der Waals surface area (Å²) < 4.78 is 5.55. The molecule has 0 unspecified atom stereocenters. The standard InChI is InChI=1S/C16H26N2O3/c1-3-5-7-12-18(20)16(19)17-14-8-10-15(11-9-14)21-13-6-4-2/h8-11,20H,3-7,12-13H2,1-2H3,(H,17,19). The highest BCUT2D eigenvalue weighted by atomic mass is 16.5. The zero-order valence-corrected chi connectivity index (χ0v) is 13.0. The maximum atomic E-state index is 11.7. The van der Waals surface area contributed by atoms with Crippen molar-refractivity contribution < 1.29 is 14.7 Å². The predicted molar refractivity (Wildman–Crippen MR) is 83.9 cm³/mol. The van der Waals surface area contributed by atoms with Crippen molar-refractivity contribution in [3.63, 3.8) is 0 Å². The van der Waals surface area contributed by atoms with E-state index in [1.54, 1.807) is 12.1 Å². The van der Waals surface area contributed by atoms with Gasteiger partial charge in [0.15, 0.2) is 0 Å². The number of hydrogen-bond acceptors (Lipinski definition) is 3. The van der Waals surface area contributed by atoms with E-state index in [1.807, 2.05) is 12.1 Å². The Morgan fingerprint density at radius 1 is 1.14 bits per heavy atom. The van der Waals surface area contributed by atoms with E-state index in [-0.39, 0.29) is 0 Å². The number of hydrogen-bond donors (Lipinski definition) is 2. The summed E-state index contributed by atoms with van der Waals surface area (Å²) in [6.45, 7) is 5.23. The lowest BCUT2D eigenvalue weighted by Crippen LogP contribution is -2.32. The molecule has 1 aromatic rings. The number of benzene rings is 1. The summed E-state index contributed by atoms with van der Waals surface area (Å²) >= 11 is 0. The van der Waals surface area contributed by atoms with Gasteiger partial charge >= 0.3 is 6.03 Å². The van der Waals surface area contributed by atoms with E-state index >= 15 is 0 Å². The number of carbonyl (C=O) groups is 1. The van der Waals surface area contributed by atoms with Crippen molar-refractivity contribution in [3.05, 3.63) is 24.3 Å². The van der Waals surface area contributed by atoms with Gasteiger partial charge in [0.25, 0.3) is 0 Å². The summed E-state index contributed by atoms with van der Waals surface area (Å²) in [4.78, 5) is 11.7. The summed E-state index contributed by atoms with van der Waals surface area (Å²) in [6.07, 6.45) is 4.96. The zero-order chi connectivity index (χ0) is 15.5. The molecule has 0 aliphatic carbocycles. The molecule has 118 valence electrons. The molecule has 5 heteroatoms. The number of ether oxygens (including phenoxy) is 1. The van der Waals surface area contributed by atoms with Crippen molar-refractivity contribution in [3.8, 4) is 5.75 Å². The van der Waals surface area contributed by atoms with Crippen LogP contribution >= 0.6 is 0 Å². The zero-order valence-electron chi connectivity index (χ0n) is 13.0. The van der Waals surface area contributed by atoms with Gasteiger partial charge in [-0.2, -0.15) is 0 Å². The maximum Gasteiger partial charge on any atom is 0.345 e. The number of nitrogens with zero attached hydrogens (tertiary/aromatic N) is 1. The number of anilines is 1. The largest absolute Gasteiger partial charge is 0.494 e. The lowest BCUT2D eigenvalue weighted by molar-refractivity contribution is -0.0381. The van der Waals surface area contributed by atoms with Gasteiger partial charge in [0.1, 0.15) is 5.75 Å². The minimum Gasteiger partial charge on any atom is -0.494 e.